The maximum Gasteiger partial charge on any atom is 0.141 e. The number of ether oxygens (including phenoxy) is 1. The molecule has 6 heteroatoms. The first kappa shape index (κ1) is 14.5. The summed E-state index contributed by atoms with van der Waals surface area (Å²) in [7, 11) is 0. The van der Waals surface area contributed by atoms with Gasteiger partial charge in [-0.15, -0.1) is 0 Å². The Hall–Kier alpha value is -0.880. The van der Waals surface area contributed by atoms with E-state index in [2.05, 4.69) is 10.2 Å². The Morgan fingerprint density at radius 1 is 1.42 bits per heavy atom. The quantitative estimate of drug-likeness (QED) is 0.864. The van der Waals surface area contributed by atoms with E-state index in [0.29, 0.717) is 32.0 Å². The van der Waals surface area contributed by atoms with Crippen molar-refractivity contribution in [3.8, 4) is 0 Å². The van der Waals surface area contributed by atoms with Crippen LogP contribution in [0.15, 0.2) is 18.2 Å². The van der Waals surface area contributed by atoms with E-state index in [1.807, 2.05) is 0 Å². The van der Waals surface area contributed by atoms with Crippen LogP contribution in [0.2, 0.25) is 5.02 Å². The van der Waals surface area contributed by atoms with Gasteiger partial charge in [0.05, 0.1) is 24.3 Å². The van der Waals surface area contributed by atoms with Crippen LogP contribution in [0.25, 0.3) is 0 Å². The second-order valence-electron chi connectivity index (χ2n) is 4.58. The van der Waals surface area contributed by atoms with Crippen LogP contribution in [0.3, 0.4) is 0 Å². The van der Waals surface area contributed by atoms with Gasteiger partial charge in [-0.3, -0.25) is 4.90 Å². The molecule has 0 aliphatic carbocycles. The van der Waals surface area contributed by atoms with E-state index < -0.39 is 11.9 Å². The number of aliphatic hydroxyl groups is 1. The molecule has 1 aliphatic heterocycles. The normalized spacial score (nSPS) is 18.3. The van der Waals surface area contributed by atoms with E-state index in [1.165, 1.54) is 12.1 Å². The number of aliphatic hydroxyl groups excluding tert-OH is 1. The van der Waals surface area contributed by atoms with E-state index in [1.54, 1.807) is 6.07 Å². The molecule has 1 heterocycles. The van der Waals surface area contributed by atoms with Crippen molar-refractivity contribution in [2.45, 2.75) is 6.10 Å². The fourth-order valence-corrected chi connectivity index (χ4v) is 2.17. The highest BCUT2D eigenvalue weighted by atomic mass is 35.5. The summed E-state index contributed by atoms with van der Waals surface area (Å²) in [5.41, 5.74) is 0.701. The van der Waals surface area contributed by atoms with Crippen molar-refractivity contribution >= 4 is 17.3 Å². The van der Waals surface area contributed by atoms with Gasteiger partial charge < -0.3 is 15.2 Å². The van der Waals surface area contributed by atoms with Gasteiger partial charge >= 0.3 is 0 Å². The number of morpholine rings is 1. The van der Waals surface area contributed by atoms with Crippen LogP contribution in [0.5, 0.6) is 0 Å². The van der Waals surface area contributed by atoms with Crippen LogP contribution in [-0.2, 0) is 4.74 Å². The predicted octanol–water partition coefficient (Wildman–Crippen LogP) is 1.58. The largest absolute Gasteiger partial charge is 0.390 e. The lowest BCUT2D eigenvalue weighted by Gasteiger charge is -2.28. The number of benzene rings is 1. The summed E-state index contributed by atoms with van der Waals surface area (Å²) in [6, 6.07) is 4.42. The van der Waals surface area contributed by atoms with Crippen LogP contribution in [0, 0.1) is 5.82 Å². The van der Waals surface area contributed by atoms with Crippen LogP contribution < -0.4 is 5.32 Å². The molecular weight excluding hydrogens is 271 g/mol. The molecule has 19 heavy (non-hydrogen) atoms. The highest BCUT2D eigenvalue weighted by Crippen LogP contribution is 2.19. The fourth-order valence-electron chi connectivity index (χ4n) is 1.99. The van der Waals surface area contributed by atoms with Gasteiger partial charge in [0.1, 0.15) is 5.82 Å². The standard InChI is InChI=1S/C13H18ClFN2O2/c14-12-7-10(1-2-13(12)15)16-8-11(18)9-17-3-5-19-6-4-17/h1-2,7,11,16,18H,3-6,8-9H2. The summed E-state index contributed by atoms with van der Waals surface area (Å²) in [5.74, 6) is -0.443. The molecule has 0 saturated carbocycles. The minimum absolute atomic E-state index is 0.0765. The van der Waals surface area contributed by atoms with E-state index in [0.717, 1.165) is 13.1 Å². The maximum atomic E-state index is 13.0. The molecule has 0 spiro atoms. The third kappa shape index (κ3) is 4.62. The Morgan fingerprint density at radius 2 is 2.16 bits per heavy atom. The van der Waals surface area contributed by atoms with Gasteiger partial charge in [0.25, 0.3) is 0 Å². The fraction of sp³-hybridized carbons (Fsp3) is 0.538. The minimum atomic E-state index is -0.484. The first-order valence-corrected chi connectivity index (χ1v) is 6.70. The van der Waals surface area contributed by atoms with Gasteiger partial charge in [-0.1, -0.05) is 11.6 Å². The molecule has 0 radical (unpaired) electrons. The van der Waals surface area contributed by atoms with Crippen molar-refractivity contribution in [2.24, 2.45) is 0 Å². The van der Waals surface area contributed by atoms with Gasteiger partial charge in [0, 0.05) is 31.9 Å². The summed E-state index contributed by atoms with van der Waals surface area (Å²) < 4.78 is 18.2. The SMILES string of the molecule is OC(CNc1ccc(F)c(Cl)c1)CN1CCOCC1. The van der Waals surface area contributed by atoms with E-state index >= 15 is 0 Å². The molecule has 0 amide bonds. The molecule has 1 fully saturated rings. The van der Waals surface area contributed by atoms with Gasteiger partial charge in [0.2, 0.25) is 0 Å². The molecule has 1 atom stereocenters. The summed E-state index contributed by atoms with van der Waals surface area (Å²) in [5, 5.41) is 13.1. The van der Waals surface area contributed by atoms with Gasteiger partial charge in [-0.2, -0.15) is 0 Å². The Labute approximate surface area is 117 Å². The van der Waals surface area contributed by atoms with E-state index in [-0.39, 0.29) is 5.02 Å². The second-order valence-corrected chi connectivity index (χ2v) is 4.98. The van der Waals surface area contributed by atoms with Crippen LogP contribution in [0.1, 0.15) is 0 Å². The number of hydrogen-bond donors (Lipinski definition) is 2. The molecule has 1 aromatic rings. The van der Waals surface area contributed by atoms with E-state index in [4.69, 9.17) is 16.3 Å². The van der Waals surface area contributed by atoms with Crippen molar-refractivity contribution in [3.63, 3.8) is 0 Å². The maximum absolute atomic E-state index is 13.0. The monoisotopic (exact) mass is 288 g/mol. The zero-order valence-electron chi connectivity index (χ0n) is 10.6. The summed E-state index contributed by atoms with van der Waals surface area (Å²) in [4.78, 5) is 2.16. The molecule has 2 N–H and O–H groups in total. The number of anilines is 1. The second kappa shape index (κ2) is 7.05. The molecule has 1 aromatic carbocycles. The molecule has 0 aromatic heterocycles. The van der Waals surface area contributed by atoms with Gasteiger partial charge in [-0.05, 0) is 18.2 Å². The zero-order valence-corrected chi connectivity index (χ0v) is 11.4. The third-order valence-electron chi connectivity index (χ3n) is 3.03. The smallest absolute Gasteiger partial charge is 0.141 e. The van der Waals surface area contributed by atoms with E-state index in [9.17, 15) is 9.50 Å². The molecule has 4 nitrogen and oxygen atoms in total. The third-order valence-corrected chi connectivity index (χ3v) is 3.32. The summed E-state index contributed by atoms with van der Waals surface area (Å²) in [6.07, 6.45) is -0.484. The summed E-state index contributed by atoms with van der Waals surface area (Å²) >= 11 is 5.69. The highest BCUT2D eigenvalue weighted by molar-refractivity contribution is 6.31. The lowest BCUT2D eigenvalue weighted by molar-refractivity contribution is 0.0171. The van der Waals surface area contributed by atoms with Crippen molar-refractivity contribution in [1.82, 2.24) is 4.90 Å². The lowest BCUT2D eigenvalue weighted by atomic mass is 10.2. The predicted molar refractivity (Wildman–Crippen MR) is 73.2 cm³/mol. The number of halogens is 2. The molecule has 106 valence electrons. The topological polar surface area (TPSA) is 44.7 Å². The minimum Gasteiger partial charge on any atom is -0.390 e. The zero-order chi connectivity index (χ0) is 13.7. The Bertz CT molecular complexity index is 414. The Morgan fingerprint density at radius 3 is 2.84 bits per heavy atom. The molecule has 2 rings (SSSR count). The molecule has 1 saturated heterocycles. The summed E-state index contributed by atoms with van der Waals surface area (Å²) in [6.45, 7) is 4.13. The Balaban J connectivity index is 1.75. The molecule has 1 unspecified atom stereocenters. The number of rotatable bonds is 5. The lowest BCUT2D eigenvalue weighted by Crippen LogP contribution is -2.42. The van der Waals surface area contributed by atoms with Crippen molar-refractivity contribution < 1.29 is 14.2 Å². The molecule has 1 aliphatic rings. The first-order chi connectivity index (χ1) is 9.15. The van der Waals surface area contributed by atoms with Crippen molar-refractivity contribution in [2.75, 3.05) is 44.7 Å². The van der Waals surface area contributed by atoms with Crippen molar-refractivity contribution in [1.29, 1.82) is 0 Å². The highest BCUT2D eigenvalue weighted by Gasteiger charge is 2.14. The molecule has 0 bridgehead atoms. The van der Waals surface area contributed by atoms with Gasteiger partial charge in [0.15, 0.2) is 0 Å². The number of nitrogens with one attached hydrogen (secondary N) is 1. The van der Waals surface area contributed by atoms with Gasteiger partial charge in [-0.25, -0.2) is 4.39 Å². The van der Waals surface area contributed by atoms with Crippen molar-refractivity contribution in [3.05, 3.63) is 29.0 Å². The number of nitrogens with zero attached hydrogens (tertiary/aromatic N) is 1. The first-order valence-electron chi connectivity index (χ1n) is 6.32. The van der Waals surface area contributed by atoms with Crippen LogP contribution in [0.4, 0.5) is 10.1 Å². The average molecular weight is 289 g/mol. The molecular formula is C13H18ClFN2O2. The number of hydrogen-bond acceptors (Lipinski definition) is 4. The van der Waals surface area contributed by atoms with Crippen LogP contribution >= 0.6 is 11.6 Å². The Kier molecular flexibility index (Phi) is 5.39. The number of β-amino-alcohol motifs (C(OH)–C–C–N with tert-alkyl or cyclic N) is 1. The van der Waals surface area contributed by atoms with Crippen LogP contribution in [-0.4, -0.2) is 55.5 Å². The average Bonchev–Trinajstić information content (AvgIpc) is 2.41.